The van der Waals surface area contributed by atoms with Crippen LogP contribution in [0.2, 0.25) is 6.55 Å². The zero-order valence-electron chi connectivity index (χ0n) is 15.8. The van der Waals surface area contributed by atoms with Crippen LogP contribution in [0.4, 0.5) is 0 Å². The normalized spacial score (nSPS) is 17.6. The predicted molar refractivity (Wildman–Crippen MR) is 101 cm³/mol. The van der Waals surface area contributed by atoms with E-state index in [0.717, 1.165) is 0 Å². The monoisotopic (exact) mass is 557 g/mol. The molecule has 0 saturated heterocycles. The molecule has 1 aromatic rings. The second-order valence-electron chi connectivity index (χ2n) is 6.94. The first-order valence-electron chi connectivity index (χ1n) is 8.67. The molecule has 4 heteroatoms. The summed E-state index contributed by atoms with van der Waals surface area (Å²) in [6, 6.07) is 11.4. The maximum Gasteiger partial charge on any atom is -1.00 e. The molecular formula is C21H27Cl2HfSi. The second-order valence-corrected chi connectivity index (χ2v) is 30.4. The van der Waals surface area contributed by atoms with E-state index < -0.39 is 26.6 Å². The Balaban J connectivity index is 0.00000156. The summed E-state index contributed by atoms with van der Waals surface area (Å²) in [7, 11) is 0. The van der Waals surface area contributed by atoms with Crippen molar-refractivity contribution < 1.29 is 45.4 Å². The first-order valence-corrected chi connectivity index (χ1v) is 20.8. The molecule has 0 N–H and O–H groups in total. The molecule has 2 aliphatic rings. The number of hydrogen-bond donors (Lipinski definition) is 0. The molecule has 0 aromatic heterocycles. The van der Waals surface area contributed by atoms with Gasteiger partial charge >= 0.3 is 150 Å². The van der Waals surface area contributed by atoms with Gasteiger partial charge in [0.05, 0.1) is 0 Å². The van der Waals surface area contributed by atoms with Crippen molar-refractivity contribution in [3.05, 3.63) is 71.4 Å². The largest absolute Gasteiger partial charge is 1.00 e. The third-order valence-corrected chi connectivity index (χ3v) is 35.4. The SMILES string of the molecule is CC1=CC[C]([Hf+2]([C]2=C(C)C(C)=CC2)[SiH](C)c2ccccc2)=C1C.[Cl-].[Cl-]. The van der Waals surface area contributed by atoms with Crippen LogP contribution in [0, 0.1) is 0 Å². The van der Waals surface area contributed by atoms with Crippen LogP contribution in [0.25, 0.3) is 0 Å². The van der Waals surface area contributed by atoms with Gasteiger partial charge in [-0.25, -0.2) is 0 Å². The predicted octanol–water partition coefficient (Wildman–Crippen LogP) is -0.879. The molecule has 0 nitrogen and oxygen atoms in total. The smallest absolute Gasteiger partial charge is 1.00 e. The van der Waals surface area contributed by atoms with Gasteiger partial charge in [-0.3, -0.25) is 0 Å². The Labute approximate surface area is 174 Å². The van der Waals surface area contributed by atoms with Gasteiger partial charge in [0.2, 0.25) is 0 Å². The Morgan fingerprint density at radius 1 is 0.760 bits per heavy atom. The van der Waals surface area contributed by atoms with Gasteiger partial charge in [-0.15, -0.1) is 0 Å². The Morgan fingerprint density at radius 2 is 1.20 bits per heavy atom. The Kier molecular flexibility index (Phi) is 8.87. The Hall–Kier alpha value is -0.153. The second kappa shape index (κ2) is 9.69. The summed E-state index contributed by atoms with van der Waals surface area (Å²) in [5.74, 6) is -0.883. The molecule has 0 amide bonds. The van der Waals surface area contributed by atoms with E-state index in [4.69, 9.17) is 0 Å². The summed E-state index contributed by atoms with van der Waals surface area (Å²) in [4.78, 5) is 0. The van der Waals surface area contributed by atoms with Crippen LogP contribution < -0.4 is 30.0 Å². The fourth-order valence-corrected chi connectivity index (χ4v) is 36.4. The average Bonchev–Trinajstić information content (AvgIpc) is 3.06. The number of halogens is 2. The van der Waals surface area contributed by atoms with Crippen LogP contribution in [0.15, 0.2) is 71.4 Å². The summed E-state index contributed by atoms with van der Waals surface area (Å²) in [5.41, 5.74) is 6.37. The maximum atomic E-state index is 2.64. The first-order chi connectivity index (χ1) is 11.0. The summed E-state index contributed by atoms with van der Waals surface area (Å²) in [5, 5.41) is 1.68. The molecule has 0 fully saturated rings. The molecule has 0 aliphatic heterocycles. The Morgan fingerprint density at radius 3 is 1.56 bits per heavy atom. The molecule has 25 heavy (non-hydrogen) atoms. The number of allylic oxidation sites excluding steroid dienone is 8. The standard InChI is InChI=1S/C7H9Si.2C7H9.2ClH.Hf/c1-8-7-5-3-2-4-6-7;2*1-6-4-3-5-7(6)2;;;/h2-6,8H,1H3;2*4H,3H2,1-2H3;2*1H;/q;;;;;+2/p-2. The van der Waals surface area contributed by atoms with Crippen molar-refractivity contribution in [1.82, 2.24) is 0 Å². The molecule has 0 heterocycles. The van der Waals surface area contributed by atoms with E-state index in [-0.39, 0.29) is 24.8 Å². The van der Waals surface area contributed by atoms with Gasteiger partial charge in [0, 0.05) is 0 Å². The number of hydrogen-bond acceptors (Lipinski definition) is 0. The molecule has 0 spiro atoms. The van der Waals surface area contributed by atoms with Gasteiger partial charge in [0.15, 0.2) is 0 Å². The molecule has 1 unspecified atom stereocenters. The minimum absolute atomic E-state index is 0. The van der Waals surface area contributed by atoms with E-state index in [1.54, 1.807) is 16.3 Å². The van der Waals surface area contributed by atoms with Crippen molar-refractivity contribution in [1.29, 1.82) is 0 Å². The van der Waals surface area contributed by atoms with Crippen LogP contribution in [0.3, 0.4) is 0 Å². The van der Waals surface area contributed by atoms with Gasteiger partial charge < -0.3 is 24.8 Å². The molecular weight excluding hydrogens is 530 g/mol. The van der Waals surface area contributed by atoms with Crippen molar-refractivity contribution in [2.24, 2.45) is 0 Å². The van der Waals surface area contributed by atoms with Crippen LogP contribution in [-0.4, -0.2) is 5.98 Å². The molecule has 0 saturated carbocycles. The molecule has 2 aliphatic carbocycles. The van der Waals surface area contributed by atoms with Crippen LogP contribution in [-0.2, 0) is 20.6 Å². The average molecular weight is 557 g/mol. The van der Waals surface area contributed by atoms with Crippen molar-refractivity contribution in [3.63, 3.8) is 0 Å². The third-order valence-electron chi connectivity index (χ3n) is 5.70. The molecule has 3 rings (SSSR count). The Bertz CT molecular complexity index is 702. The van der Waals surface area contributed by atoms with Gasteiger partial charge in [-0.1, -0.05) is 0 Å². The number of benzene rings is 1. The molecule has 133 valence electrons. The van der Waals surface area contributed by atoms with Crippen molar-refractivity contribution in [2.75, 3.05) is 0 Å². The molecule has 1 atom stereocenters. The fourth-order valence-electron chi connectivity index (χ4n) is 3.84. The van der Waals surface area contributed by atoms with Crippen molar-refractivity contribution in [3.8, 4) is 0 Å². The van der Waals surface area contributed by atoms with Crippen LogP contribution in [0.5, 0.6) is 0 Å². The zero-order chi connectivity index (χ0) is 16.6. The quantitative estimate of drug-likeness (QED) is 0.423. The molecule has 1 aromatic carbocycles. The van der Waals surface area contributed by atoms with Crippen LogP contribution in [0.1, 0.15) is 40.5 Å². The topological polar surface area (TPSA) is 0 Å². The van der Waals surface area contributed by atoms with Crippen LogP contribution >= 0.6 is 0 Å². The van der Waals surface area contributed by atoms with E-state index in [1.807, 2.05) is 6.66 Å². The zero-order valence-corrected chi connectivity index (χ0v) is 22.0. The summed E-state index contributed by atoms with van der Waals surface area (Å²) in [6.07, 6.45) is 7.46. The summed E-state index contributed by atoms with van der Waals surface area (Å²) in [6.45, 7) is 12.0. The van der Waals surface area contributed by atoms with Gasteiger partial charge in [-0.05, 0) is 0 Å². The van der Waals surface area contributed by atoms with E-state index in [9.17, 15) is 0 Å². The molecule has 0 radical (unpaired) electrons. The van der Waals surface area contributed by atoms with Gasteiger partial charge in [0.25, 0.3) is 0 Å². The van der Waals surface area contributed by atoms with Gasteiger partial charge in [0.1, 0.15) is 0 Å². The third kappa shape index (κ3) is 4.58. The first kappa shape index (κ1) is 22.9. The minimum Gasteiger partial charge on any atom is -1.00 e. The van der Waals surface area contributed by atoms with E-state index in [0.29, 0.717) is 0 Å². The summed E-state index contributed by atoms with van der Waals surface area (Å²) < 4.78 is 3.82. The van der Waals surface area contributed by atoms with E-state index in [1.165, 1.54) is 24.0 Å². The fraction of sp³-hybridized carbons (Fsp3) is 0.333. The van der Waals surface area contributed by atoms with Gasteiger partial charge in [-0.2, -0.15) is 0 Å². The van der Waals surface area contributed by atoms with Crippen molar-refractivity contribution >= 4 is 11.2 Å². The van der Waals surface area contributed by atoms with E-state index >= 15 is 0 Å². The van der Waals surface area contributed by atoms with E-state index in [2.05, 4.69) is 76.7 Å². The summed E-state index contributed by atoms with van der Waals surface area (Å²) >= 11 is -1.98. The minimum atomic E-state index is -1.98. The number of rotatable bonds is 4. The molecule has 0 bridgehead atoms. The van der Waals surface area contributed by atoms with Crippen molar-refractivity contribution in [2.45, 2.75) is 47.1 Å². The maximum absolute atomic E-state index is 2.64.